The van der Waals surface area contributed by atoms with Gasteiger partial charge < -0.3 is 5.11 Å². The summed E-state index contributed by atoms with van der Waals surface area (Å²) in [7, 11) is 0. The molecule has 0 saturated heterocycles. The predicted octanol–water partition coefficient (Wildman–Crippen LogP) is 2.01. The summed E-state index contributed by atoms with van der Waals surface area (Å²) in [4.78, 5) is 4.38. The minimum absolute atomic E-state index is 0.389. The topological polar surface area (TPSA) is 33.1 Å². The highest BCUT2D eigenvalue weighted by Crippen LogP contribution is 2.22. The molecular weight excluding hydrogens is 162 g/mol. The molecule has 1 aromatic heterocycles. The van der Waals surface area contributed by atoms with Crippen LogP contribution in [0.3, 0.4) is 0 Å². The molecule has 1 heterocycles. The molecule has 0 radical (unpaired) electrons. The molecule has 0 bridgehead atoms. The quantitative estimate of drug-likeness (QED) is 0.711. The highest BCUT2D eigenvalue weighted by atomic mass is 16.3. The van der Waals surface area contributed by atoms with Gasteiger partial charge >= 0.3 is 0 Å². The van der Waals surface area contributed by atoms with Crippen molar-refractivity contribution in [3.8, 4) is 0 Å². The summed E-state index contributed by atoms with van der Waals surface area (Å²) >= 11 is 0. The van der Waals surface area contributed by atoms with Crippen molar-refractivity contribution in [2.45, 2.75) is 38.7 Å². The van der Waals surface area contributed by atoms with E-state index in [-0.39, 0.29) is 6.10 Å². The molecule has 1 aliphatic carbocycles. The monoisotopic (exact) mass is 177 g/mol. The number of aryl methyl sites for hydroxylation is 2. The van der Waals surface area contributed by atoms with Crippen LogP contribution < -0.4 is 0 Å². The second kappa shape index (κ2) is 3.46. The van der Waals surface area contributed by atoms with Gasteiger partial charge in [-0.15, -0.1) is 0 Å². The molecule has 2 heteroatoms. The van der Waals surface area contributed by atoms with E-state index in [1.54, 1.807) is 13.1 Å². The molecule has 1 N–H and O–H groups in total. The third-order valence-corrected chi connectivity index (χ3v) is 2.67. The fourth-order valence-corrected chi connectivity index (χ4v) is 1.84. The first-order chi connectivity index (χ1) is 6.27. The Morgan fingerprint density at radius 2 is 2.15 bits per heavy atom. The molecule has 0 saturated carbocycles. The van der Waals surface area contributed by atoms with Gasteiger partial charge in [0.05, 0.1) is 6.10 Å². The van der Waals surface area contributed by atoms with Gasteiger partial charge in [-0.05, 0) is 49.8 Å². The van der Waals surface area contributed by atoms with Crippen LogP contribution in [0.4, 0.5) is 0 Å². The van der Waals surface area contributed by atoms with Gasteiger partial charge in [-0.1, -0.05) is 0 Å². The van der Waals surface area contributed by atoms with Crippen LogP contribution in [0.5, 0.6) is 0 Å². The summed E-state index contributed by atoms with van der Waals surface area (Å²) in [5.74, 6) is 0. The maximum atomic E-state index is 9.39. The first-order valence-electron chi connectivity index (χ1n) is 4.93. The third kappa shape index (κ3) is 1.73. The number of pyridine rings is 1. The highest BCUT2D eigenvalue weighted by molar-refractivity contribution is 5.28. The average molecular weight is 177 g/mol. The first-order valence-corrected chi connectivity index (χ1v) is 4.93. The molecule has 2 rings (SSSR count). The zero-order chi connectivity index (χ0) is 9.26. The molecule has 0 spiro atoms. The first kappa shape index (κ1) is 8.70. The molecule has 1 atom stereocenters. The van der Waals surface area contributed by atoms with Crippen LogP contribution in [0, 0.1) is 0 Å². The summed E-state index contributed by atoms with van der Waals surface area (Å²) in [6.45, 7) is 1.78. The van der Waals surface area contributed by atoms with E-state index in [1.807, 2.05) is 0 Å². The predicted molar refractivity (Wildman–Crippen MR) is 51.5 cm³/mol. The second-order valence-corrected chi connectivity index (χ2v) is 3.76. The number of aliphatic hydroxyl groups is 1. The molecule has 1 aliphatic rings. The molecule has 2 nitrogen and oxygen atoms in total. The van der Waals surface area contributed by atoms with Crippen LogP contribution in [0.25, 0.3) is 0 Å². The Bertz CT molecular complexity index is 307. The van der Waals surface area contributed by atoms with Crippen LogP contribution in [-0.2, 0) is 12.8 Å². The number of nitrogens with zero attached hydrogens (tertiary/aromatic N) is 1. The van der Waals surface area contributed by atoms with Gasteiger partial charge in [0.25, 0.3) is 0 Å². The lowest BCUT2D eigenvalue weighted by Crippen LogP contribution is -2.06. The Kier molecular flexibility index (Phi) is 2.32. The summed E-state index contributed by atoms with van der Waals surface area (Å²) < 4.78 is 0. The van der Waals surface area contributed by atoms with Crippen molar-refractivity contribution < 1.29 is 5.11 Å². The van der Waals surface area contributed by atoms with Gasteiger partial charge in [0, 0.05) is 11.9 Å². The molecule has 13 heavy (non-hydrogen) atoms. The Morgan fingerprint density at radius 3 is 2.92 bits per heavy atom. The maximum Gasteiger partial charge on any atom is 0.0776 e. The SMILES string of the molecule is C[C@H](O)c1cnc2c(c1)CCCC2. The smallest absolute Gasteiger partial charge is 0.0776 e. The maximum absolute atomic E-state index is 9.39. The van der Waals surface area contributed by atoms with Crippen molar-refractivity contribution in [3.05, 3.63) is 29.1 Å². The molecule has 0 aromatic carbocycles. The zero-order valence-corrected chi connectivity index (χ0v) is 7.95. The van der Waals surface area contributed by atoms with E-state index in [0.29, 0.717) is 0 Å². The summed E-state index contributed by atoms with van der Waals surface area (Å²) in [6.07, 6.45) is 6.17. The van der Waals surface area contributed by atoms with Crippen LogP contribution in [0.15, 0.2) is 12.3 Å². The summed E-state index contributed by atoms with van der Waals surface area (Å²) in [5, 5.41) is 9.39. The van der Waals surface area contributed by atoms with Gasteiger partial charge in [-0.2, -0.15) is 0 Å². The van der Waals surface area contributed by atoms with E-state index in [9.17, 15) is 5.11 Å². The van der Waals surface area contributed by atoms with Gasteiger partial charge in [-0.25, -0.2) is 0 Å². The molecule has 0 amide bonds. The molecule has 1 aromatic rings. The van der Waals surface area contributed by atoms with E-state index >= 15 is 0 Å². The number of fused-ring (bicyclic) bond motifs is 1. The minimum Gasteiger partial charge on any atom is -0.389 e. The van der Waals surface area contributed by atoms with Crippen molar-refractivity contribution >= 4 is 0 Å². The lowest BCUT2D eigenvalue weighted by molar-refractivity contribution is 0.198. The Hall–Kier alpha value is -0.890. The van der Waals surface area contributed by atoms with Gasteiger partial charge in [0.2, 0.25) is 0 Å². The number of aliphatic hydroxyl groups excluding tert-OH is 1. The van der Waals surface area contributed by atoms with Crippen LogP contribution in [0.2, 0.25) is 0 Å². The Balaban J connectivity index is 2.35. The van der Waals surface area contributed by atoms with Crippen molar-refractivity contribution in [3.63, 3.8) is 0 Å². The average Bonchev–Trinajstić information content (AvgIpc) is 2.17. The van der Waals surface area contributed by atoms with Crippen molar-refractivity contribution in [1.29, 1.82) is 0 Å². The lowest BCUT2D eigenvalue weighted by atomic mass is 9.94. The zero-order valence-electron chi connectivity index (χ0n) is 7.95. The minimum atomic E-state index is -0.389. The Morgan fingerprint density at radius 1 is 1.38 bits per heavy atom. The van der Waals surface area contributed by atoms with E-state index in [0.717, 1.165) is 18.4 Å². The van der Waals surface area contributed by atoms with Crippen molar-refractivity contribution in [2.75, 3.05) is 0 Å². The molecule has 0 aliphatic heterocycles. The van der Waals surface area contributed by atoms with Gasteiger partial charge in [-0.3, -0.25) is 4.98 Å². The molecule has 0 fully saturated rings. The largest absolute Gasteiger partial charge is 0.389 e. The fourth-order valence-electron chi connectivity index (χ4n) is 1.84. The van der Waals surface area contributed by atoms with Crippen LogP contribution in [-0.4, -0.2) is 10.1 Å². The highest BCUT2D eigenvalue weighted by Gasteiger charge is 2.12. The van der Waals surface area contributed by atoms with Crippen molar-refractivity contribution in [2.24, 2.45) is 0 Å². The Labute approximate surface area is 78.6 Å². The van der Waals surface area contributed by atoms with E-state index in [1.165, 1.54) is 24.1 Å². The lowest BCUT2D eigenvalue weighted by Gasteiger charge is -2.16. The fraction of sp³-hybridized carbons (Fsp3) is 0.545. The second-order valence-electron chi connectivity index (χ2n) is 3.76. The number of rotatable bonds is 1. The van der Waals surface area contributed by atoms with Crippen molar-refractivity contribution in [1.82, 2.24) is 4.98 Å². The van der Waals surface area contributed by atoms with Gasteiger partial charge in [0.1, 0.15) is 0 Å². The van der Waals surface area contributed by atoms with E-state index in [4.69, 9.17) is 0 Å². The van der Waals surface area contributed by atoms with E-state index < -0.39 is 0 Å². The molecular formula is C11H15NO. The summed E-state index contributed by atoms with van der Waals surface area (Å²) in [5.41, 5.74) is 3.51. The normalized spacial score (nSPS) is 18.0. The van der Waals surface area contributed by atoms with Crippen LogP contribution >= 0.6 is 0 Å². The van der Waals surface area contributed by atoms with E-state index in [2.05, 4.69) is 11.1 Å². The molecule has 70 valence electrons. The third-order valence-electron chi connectivity index (χ3n) is 2.67. The number of hydrogen-bond acceptors (Lipinski definition) is 2. The summed E-state index contributed by atoms with van der Waals surface area (Å²) in [6, 6.07) is 2.10. The number of aromatic nitrogens is 1. The number of hydrogen-bond donors (Lipinski definition) is 1. The van der Waals surface area contributed by atoms with Crippen LogP contribution in [0.1, 0.15) is 42.7 Å². The standard InChI is InChI=1S/C11H15NO/c1-8(13)10-6-9-4-2-3-5-11(9)12-7-10/h6-8,13H,2-5H2,1H3/t8-/m0/s1. The molecule has 0 unspecified atom stereocenters. The van der Waals surface area contributed by atoms with Gasteiger partial charge in [0.15, 0.2) is 0 Å².